The summed E-state index contributed by atoms with van der Waals surface area (Å²) in [5, 5.41) is 0.551. The van der Waals surface area contributed by atoms with E-state index in [1.165, 1.54) is 20.3 Å². The lowest BCUT2D eigenvalue weighted by molar-refractivity contribution is 0.0555. The van der Waals surface area contributed by atoms with E-state index in [2.05, 4.69) is 4.98 Å². The van der Waals surface area contributed by atoms with Crippen molar-refractivity contribution < 1.29 is 19.1 Å². The van der Waals surface area contributed by atoms with Crippen LogP contribution in [0.25, 0.3) is 11.3 Å². The third-order valence-electron chi connectivity index (χ3n) is 3.38. The first-order valence-electron chi connectivity index (χ1n) is 7.04. The highest BCUT2D eigenvalue weighted by atomic mass is 35.5. The summed E-state index contributed by atoms with van der Waals surface area (Å²) < 4.78 is 9.63. The van der Waals surface area contributed by atoms with E-state index in [-0.39, 0.29) is 11.1 Å². The molecule has 0 aliphatic rings. The molecule has 0 saturated carbocycles. The molecule has 0 fully saturated rings. The van der Waals surface area contributed by atoms with E-state index in [0.29, 0.717) is 22.1 Å². The summed E-state index contributed by atoms with van der Waals surface area (Å²) in [5.74, 6) is -0.803. The molecule has 0 bridgehead atoms. The highest BCUT2D eigenvalue weighted by Gasteiger charge is 2.26. The van der Waals surface area contributed by atoms with Crippen molar-refractivity contribution in [3.8, 4) is 11.3 Å². The number of anilines is 1. The van der Waals surface area contributed by atoms with Crippen LogP contribution in [-0.4, -0.2) is 45.2 Å². The fraction of sp³-hybridized carbons (Fsp3) is 0.235. The smallest absolute Gasteiger partial charge is 0.340 e. The van der Waals surface area contributed by atoms with Gasteiger partial charge in [-0.15, -0.1) is 0 Å². The SMILES string of the molecule is COC(=O)c1cc(N(C)C)nc(-c2ccc(Cl)cc2)c1C(=O)OC. The van der Waals surface area contributed by atoms with Crippen molar-refractivity contribution >= 4 is 29.4 Å². The first-order valence-corrected chi connectivity index (χ1v) is 7.41. The third kappa shape index (κ3) is 3.49. The number of esters is 2. The number of aromatic nitrogens is 1. The van der Waals surface area contributed by atoms with Gasteiger partial charge in [-0.2, -0.15) is 0 Å². The number of hydrogen-bond donors (Lipinski definition) is 0. The molecule has 0 N–H and O–H groups in total. The van der Waals surface area contributed by atoms with Gasteiger partial charge < -0.3 is 14.4 Å². The van der Waals surface area contributed by atoms with E-state index in [1.54, 1.807) is 43.3 Å². The van der Waals surface area contributed by atoms with E-state index < -0.39 is 11.9 Å². The van der Waals surface area contributed by atoms with Gasteiger partial charge in [-0.05, 0) is 18.2 Å². The number of nitrogens with zero attached hydrogens (tertiary/aromatic N) is 2. The zero-order valence-corrected chi connectivity index (χ0v) is 14.5. The number of carbonyl (C=O) groups is 2. The van der Waals surface area contributed by atoms with Crippen LogP contribution < -0.4 is 4.90 Å². The quantitative estimate of drug-likeness (QED) is 0.791. The molecule has 126 valence electrons. The average molecular weight is 349 g/mol. The van der Waals surface area contributed by atoms with Crippen molar-refractivity contribution in [2.75, 3.05) is 33.2 Å². The Morgan fingerprint density at radius 2 is 1.62 bits per heavy atom. The minimum absolute atomic E-state index is 0.0530. The summed E-state index contributed by atoms with van der Waals surface area (Å²) in [6.45, 7) is 0. The zero-order chi connectivity index (χ0) is 17.9. The molecular formula is C17H17ClN2O4. The molecule has 24 heavy (non-hydrogen) atoms. The summed E-state index contributed by atoms with van der Waals surface area (Å²) in [4.78, 5) is 30.7. The van der Waals surface area contributed by atoms with Gasteiger partial charge in [0.25, 0.3) is 0 Å². The van der Waals surface area contributed by atoms with Crippen molar-refractivity contribution in [3.05, 3.63) is 46.5 Å². The number of methoxy groups -OCH3 is 2. The number of benzene rings is 1. The molecule has 6 nitrogen and oxygen atoms in total. The van der Waals surface area contributed by atoms with Gasteiger partial charge in [0, 0.05) is 24.7 Å². The van der Waals surface area contributed by atoms with Crippen LogP contribution in [0.5, 0.6) is 0 Å². The third-order valence-corrected chi connectivity index (χ3v) is 3.63. The lowest BCUT2D eigenvalue weighted by atomic mass is 10.0. The number of ether oxygens (including phenoxy) is 2. The van der Waals surface area contributed by atoms with Crippen molar-refractivity contribution in [2.24, 2.45) is 0 Å². The molecule has 7 heteroatoms. The summed E-state index contributed by atoms with van der Waals surface area (Å²) in [6.07, 6.45) is 0. The number of hydrogen-bond acceptors (Lipinski definition) is 6. The molecule has 2 rings (SSSR count). The first-order chi connectivity index (χ1) is 11.4. The molecule has 0 aliphatic heterocycles. The average Bonchev–Trinajstić information content (AvgIpc) is 2.59. The lowest BCUT2D eigenvalue weighted by Crippen LogP contribution is -2.18. The Bertz CT molecular complexity index is 773. The van der Waals surface area contributed by atoms with Gasteiger partial charge in [-0.25, -0.2) is 14.6 Å². The molecule has 1 aromatic heterocycles. The maximum absolute atomic E-state index is 12.3. The number of rotatable bonds is 4. The Hall–Kier alpha value is -2.60. The Balaban J connectivity index is 2.82. The number of carbonyl (C=O) groups excluding carboxylic acids is 2. The van der Waals surface area contributed by atoms with Gasteiger partial charge in [0.2, 0.25) is 0 Å². The van der Waals surface area contributed by atoms with E-state index >= 15 is 0 Å². The first kappa shape index (κ1) is 17.7. The van der Waals surface area contributed by atoms with Crippen LogP contribution in [0.2, 0.25) is 5.02 Å². The van der Waals surface area contributed by atoms with Crippen LogP contribution in [0.1, 0.15) is 20.7 Å². The zero-order valence-electron chi connectivity index (χ0n) is 13.8. The van der Waals surface area contributed by atoms with E-state index in [0.717, 1.165) is 0 Å². The molecule has 1 aromatic carbocycles. The topological polar surface area (TPSA) is 68.7 Å². The van der Waals surface area contributed by atoms with Gasteiger partial charge in [-0.1, -0.05) is 23.7 Å². The van der Waals surface area contributed by atoms with Crippen LogP contribution in [0.3, 0.4) is 0 Å². The van der Waals surface area contributed by atoms with Crippen LogP contribution in [0, 0.1) is 0 Å². The molecule has 0 saturated heterocycles. The predicted octanol–water partition coefficient (Wildman–Crippen LogP) is 3.04. The van der Waals surface area contributed by atoms with Gasteiger partial charge in [-0.3, -0.25) is 0 Å². The molecule has 0 radical (unpaired) electrons. The standard InChI is InChI=1S/C17H17ClN2O4/c1-20(2)13-9-12(16(21)23-3)14(17(22)24-4)15(19-13)10-5-7-11(18)8-6-10/h5-9H,1-4H3. The van der Waals surface area contributed by atoms with Crippen LogP contribution in [0.4, 0.5) is 5.82 Å². The van der Waals surface area contributed by atoms with Gasteiger partial charge in [0.15, 0.2) is 0 Å². The minimum Gasteiger partial charge on any atom is -0.465 e. The molecule has 0 aliphatic carbocycles. The van der Waals surface area contributed by atoms with Crippen LogP contribution in [0.15, 0.2) is 30.3 Å². The number of halogens is 1. The van der Waals surface area contributed by atoms with Gasteiger partial charge in [0.05, 0.1) is 25.5 Å². The van der Waals surface area contributed by atoms with E-state index in [9.17, 15) is 9.59 Å². The fourth-order valence-corrected chi connectivity index (χ4v) is 2.28. The normalized spacial score (nSPS) is 10.2. The minimum atomic E-state index is -0.668. The van der Waals surface area contributed by atoms with Crippen molar-refractivity contribution in [2.45, 2.75) is 0 Å². The Morgan fingerprint density at radius 3 is 2.12 bits per heavy atom. The maximum atomic E-state index is 12.3. The second-order valence-electron chi connectivity index (χ2n) is 5.14. The molecule has 0 unspecified atom stereocenters. The molecule has 1 heterocycles. The summed E-state index contributed by atoms with van der Waals surface area (Å²) in [7, 11) is 6.07. The monoisotopic (exact) mass is 348 g/mol. The van der Waals surface area contributed by atoms with Crippen molar-refractivity contribution in [1.82, 2.24) is 4.98 Å². The van der Waals surface area contributed by atoms with Crippen LogP contribution >= 0.6 is 11.6 Å². The Morgan fingerprint density at radius 1 is 1.04 bits per heavy atom. The largest absolute Gasteiger partial charge is 0.465 e. The highest BCUT2D eigenvalue weighted by molar-refractivity contribution is 6.30. The Kier molecular flexibility index (Phi) is 5.41. The summed E-state index contributed by atoms with van der Waals surface area (Å²) in [5.41, 5.74) is 1.10. The second-order valence-corrected chi connectivity index (χ2v) is 5.57. The van der Waals surface area contributed by atoms with Gasteiger partial charge >= 0.3 is 11.9 Å². The van der Waals surface area contributed by atoms with Crippen molar-refractivity contribution in [1.29, 1.82) is 0 Å². The number of pyridine rings is 1. The van der Waals surface area contributed by atoms with E-state index in [1.807, 2.05) is 0 Å². The predicted molar refractivity (Wildman–Crippen MR) is 91.7 cm³/mol. The summed E-state index contributed by atoms with van der Waals surface area (Å²) >= 11 is 5.92. The highest BCUT2D eigenvalue weighted by Crippen LogP contribution is 2.30. The molecular weight excluding hydrogens is 332 g/mol. The van der Waals surface area contributed by atoms with Gasteiger partial charge in [0.1, 0.15) is 11.4 Å². The second kappa shape index (κ2) is 7.31. The fourth-order valence-electron chi connectivity index (χ4n) is 2.16. The maximum Gasteiger partial charge on any atom is 0.340 e. The lowest BCUT2D eigenvalue weighted by Gasteiger charge is -2.17. The molecule has 0 atom stereocenters. The van der Waals surface area contributed by atoms with Crippen molar-refractivity contribution in [3.63, 3.8) is 0 Å². The molecule has 2 aromatic rings. The Labute approximate surface area is 145 Å². The van der Waals surface area contributed by atoms with E-state index in [4.69, 9.17) is 21.1 Å². The van der Waals surface area contributed by atoms with Crippen LogP contribution in [-0.2, 0) is 9.47 Å². The molecule has 0 amide bonds. The molecule has 0 spiro atoms. The summed E-state index contributed by atoms with van der Waals surface area (Å²) in [6, 6.07) is 8.30.